The summed E-state index contributed by atoms with van der Waals surface area (Å²) in [6.07, 6.45) is 1.28. The molecule has 2 nitrogen and oxygen atoms in total. The lowest BCUT2D eigenvalue weighted by Gasteiger charge is -2.22. The van der Waals surface area contributed by atoms with Crippen LogP contribution in [0.1, 0.15) is 17.9 Å². The third-order valence-electron chi connectivity index (χ3n) is 3.28. The van der Waals surface area contributed by atoms with Crippen molar-refractivity contribution in [1.29, 1.82) is 0 Å². The average molecular weight is 269 g/mol. The van der Waals surface area contributed by atoms with Gasteiger partial charge in [-0.2, -0.15) is 0 Å². The number of hydrogen-bond acceptors (Lipinski definition) is 2. The minimum atomic E-state index is 0. The van der Waals surface area contributed by atoms with Gasteiger partial charge >= 0.3 is 0 Å². The van der Waals surface area contributed by atoms with Crippen molar-refractivity contribution >= 4 is 35.1 Å². The van der Waals surface area contributed by atoms with E-state index in [1.807, 2.05) is 18.8 Å². The Kier molecular flexibility index (Phi) is 4.02. The molecular weight excluding hydrogens is 252 g/mol. The number of fused-ring (bicyclic) bond motifs is 3. The molecule has 1 aromatic carbocycles. The lowest BCUT2D eigenvalue weighted by molar-refractivity contribution is 0.602. The van der Waals surface area contributed by atoms with Gasteiger partial charge in [0.1, 0.15) is 0 Å². The van der Waals surface area contributed by atoms with Gasteiger partial charge in [0.05, 0.1) is 5.03 Å². The molecule has 1 unspecified atom stereocenters. The number of rotatable bonds is 2. The van der Waals surface area contributed by atoms with Gasteiger partial charge in [0.25, 0.3) is 0 Å². The first kappa shape index (κ1) is 12.8. The van der Waals surface area contributed by atoms with Crippen molar-refractivity contribution in [3.05, 3.63) is 29.8 Å². The number of halogens is 1. The number of H-pyrrole nitrogens is 1. The lowest BCUT2D eigenvalue weighted by atomic mass is 9.95. The van der Waals surface area contributed by atoms with Crippen molar-refractivity contribution in [2.45, 2.75) is 17.4 Å². The molecule has 0 fully saturated rings. The zero-order valence-electron chi connectivity index (χ0n) is 9.82. The summed E-state index contributed by atoms with van der Waals surface area (Å²) in [7, 11) is 2.04. The minimum Gasteiger partial charge on any atom is -0.349 e. The van der Waals surface area contributed by atoms with Crippen LogP contribution in [0.2, 0.25) is 0 Å². The van der Waals surface area contributed by atoms with E-state index in [1.165, 1.54) is 33.7 Å². The van der Waals surface area contributed by atoms with E-state index in [0.717, 1.165) is 6.54 Å². The molecule has 0 saturated heterocycles. The number of para-hydroxylation sites is 1. The van der Waals surface area contributed by atoms with Gasteiger partial charge in [-0.05, 0) is 25.1 Å². The average Bonchev–Trinajstić information content (AvgIpc) is 2.68. The highest BCUT2D eigenvalue weighted by atomic mass is 35.5. The van der Waals surface area contributed by atoms with Gasteiger partial charge in [-0.1, -0.05) is 18.2 Å². The summed E-state index contributed by atoms with van der Waals surface area (Å²) in [5.41, 5.74) is 2.81. The maximum Gasteiger partial charge on any atom is 0.0768 e. The summed E-state index contributed by atoms with van der Waals surface area (Å²) in [6.45, 7) is 1.08. The second-order valence-corrected chi connectivity index (χ2v) is 5.41. The molecule has 2 aromatic rings. The van der Waals surface area contributed by atoms with Crippen LogP contribution in [0.4, 0.5) is 0 Å². The van der Waals surface area contributed by atoms with Gasteiger partial charge in [0, 0.05) is 29.1 Å². The molecule has 0 aliphatic carbocycles. The smallest absolute Gasteiger partial charge is 0.0768 e. The van der Waals surface area contributed by atoms with E-state index in [4.69, 9.17) is 0 Å². The molecule has 4 heteroatoms. The molecule has 0 radical (unpaired) electrons. The van der Waals surface area contributed by atoms with Crippen LogP contribution in [0.15, 0.2) is 29.3 Å². The van der Waals surface area contributed by atoms with E-state index < -0.39 is 0 Å². The third-order valence-corrected chi connectivity index (χ3v) is 4.33. The SMILES string of the molecule is CNCC1CCSc2[nH]c3ccccc3c21.Cl. The van der Waals surface area contributed by atoms with E-state index in [9.17, 15) is 0 Å². The highest BCUT2D eigenvalue weighted by Crippen LogP contribution is 2.41. The van der Waals surface area contributed by atoms with E-state index >= 15 is 0 Å². The first-order chi connectivity index (χ1) is 7.90. The maximum absolute atomic E-state index is 3.54. The van der Waals surface area contributed by atoms with Crippen LogP contribution >= 0.6 is 24.2 Å². The minimum absolute atomic E-state index is 0. The monoisotopic (exact) mass is 268 g/mol. The Bertz CT molecular complexity index is 509. The molecule has 2 heterocycles. The Labute approximate surface area is 112 Å². The molecular formula is C13H17ClN2S. The summed E-state index contributed by atoms with van der Waals surface area (Å²) in [4.78, 5) is 3.54. The zero-order valence-corrected chi connectivity index (χ0v) is 11.5. The first-order valence-electron chi connectivity index (χ1n) is 5.78. The molecule has 2 N–H and O–H groups in total. The fourth-order valence-electron chi connectivity index (χ4n) is 2.56. The van der Waals surface area contributed by atoms with Gasteiger partial charge < -0.3 is 10.3 Å². The Balaban J connectivity index is 0.00000108. The topological polar surface area (TPSA) is 27.8 Å². The van der Waals surface area contributed by atoms with E-state index in [-0.39, 0.29) is 12.4 Å². The van der Waals surface area contributed by atoms with E-state index in [1.54, 1.807) is 0 Å². The molecule has 92 valence electrons. The number of thioether (sulfide) groups is 1. The molecule has 0 spiro atoms. The molecule has 1 aliphatic rings. The number of aromatic amines is 1. The predicted molar refractivity (Wildman–Crippen MR) is 77.6 cm³/mol. The normalized spacial score (nSPS) is 18.8. The summed E-state index contributed by atoms with van der Waals surface area (Å²) in [5, 5.41) is 6.10. The molecule has 0 amide bonds. The Morgan fingerprint density at radius 2 is 2.24 bits per heavy atom. The van der Waals surface area contributed by atoms with E-state index in [0.29, 0.717) is 5.92 Å². The molecule has 0 saturated carbocycles. The van der Waals surface area contributed by atoms with Crippen LogP contribution in [0.25, 0.3) is 10.9 Å². The lowest BCUT2D eigenvalue weighted by Crippen LogP contribution is -2.20. The fourth-order valence-corrected chi connectivity index (χ4v) is 3.78. The van der Waals surface area contributed by atoms with Crippen molar-refractivity contribution in [2.75, 3.05) is 19.3 Å². The largest absolute Gasteiger partial charge is 0.349 e. The molecule has 1 aliphatic heterocycles. The van der Waals surface area contributed by atoms with E-state index in [2.05, 4.69) is 34.6 Å². The molecule has 0 bridgehead atoms. The summed E-state index contributed by atoms with van der Waals surface area (Å²) >= 11 is 1.96. The van der Waals surface area contributed by atoms with Crippen molar-refractivity contribution in [2.24, 2.45) is 0 Å². The van der Waals surface area contributed by atoms with Crippen LogP contribution in [-0.4, -0.2) is 24.3 Å². The Morgan fingerprint density at radius 1 is 1.41 bits per heavy atom. The number of aromatic nitrogens is 1. The number of nitrogens with one attached hydrogen (secondary N) is 2. The standard InChI is InChI=1S/C13H16N2S.ClH/c1-14-8-9-6-7-16-13-12(9)10-4-2-3-5-11(10)15-13;/h2-5,9,14-15H,6-8H2,1H3;1H. The summed E-state index contributed by atoms with van der Waals surface area (Å²) < 4.78 is 0. The second-order valence-electron chi connectivity index (χ2n) is 4.31. The van der Waals surface area contributed by atoms with Crippen molar-refractivity contribution in [3.63, 3.8) is 0 Å². The van der Waals surface area contributed by atoms with Crippen molar-refractivity contribution in [3.8, 4) is 0 Å². The number of hydrogen-bond donors (Lipinski definition) is 2. The number of benzene rings is 1. The second kappa shape index (κ2) is 5.34. The quantitative estimate of drug-likeness (QED) is 0.874. The first-order valence-corrected chi connectivity index (χ1v) is 6.76. The highest BCUT2D eigenvalue weighted by Gasteiger charge is 2.24. The Morgan fingerprint density at radius 3 is 3.06 bits per heavy atom. The van der Waals surface area contributed by atoms with Crippen LogP contribution in [0.3, 0.4) is 0 Å². The van der Waals surface area contributed by atoms with Gasteiger partial charge in [-0.25, -0.2) is 0 Å². The molecule has 3 rings (SSSR count). The van der Waals surface area contributed by atoms with Gasteiger partial charge in [0.2, 0.25) is 0 Å². The highest BCUT2D eigenvalue weighted by molar-refractivity contribution is 7.99. The Hall–Kier alpha value is -0.640. The van der Waals surface area contributed by atoms with Gasteiger partial charge in [-0.3, -0.25) is 0 Å². The van der Waals surface area contributed by atoms with Gasteiger partial charge in [-0.15, -0.1) is 24.2 Å². The van der Waals surface area contributed by atoms with Crippen molar-refractivity contribution < 1.29 is 0 Å². The number of likely N-dealkylation sites (N-methyl/N-ethyl adjacent to an activating group) is 1. The summed E-state index contributed by atoms with van der Waals surface area (Å²) in [6, 6.07) is 8.64. The molecule has 17 heavy (non-hydrogen) atoms. The summed E-state index contributed by atoms with van der Waals surface area (Å²) in [5.74, 6) is 1.89. The third kappa shape index (κ3) is 2.19. The van der Waals surface area contributed by atoms with Crippen LogP contribution in [-0.2, 0) is 0 Å². The molecule has 1 atom stereocenters. The van der Waals surface area contributed by atoms with Crippen LogP contribution in [0.5, 0.6) is 0 Å². The fraction of sp³-hybridized carbons (Fsp3) is 0.385. The van der Waals surface area contributed by atoms with Crippen LogP contribution in [0, 0.1) is 0 Å². The maximum atomic E-state index is 3.54. The van der Waals surface area contributed by atoms with Gasteiger partial charge in [0.15, 0.2) is 0 Å². The van der Waals surface area contributed by atoms with Crippen molar-refractivity contribution in [1.82, 2.24) is 10.3 Å². The zero-order chi connectivity index (χ0) is 11.0. The predicted octanol–water partition coefficient (Wildman–Crippen LogP) is 3.39. The molecule has 1 aromatic heterocycles. The van der Waals surface area contributed by atoms with Crippen LogP contribution < -0.4 is 5.32 Å².